The van der Waals surface area contributed by atoms with Crippen molar-refractivity contribution in [2.24, 2.45) is 5.92 Å². The Labute approximate surface area is 205 Å². The van der Waals surface area contributed by atoms with Gasteiger partial charge in [-0.3, -0.25) is 19.2 Å². The van der Waals surface area contributed by atoms with Gasteiger partial charge in [0.05, 0.1) is 11.3 Å². The molecule has 1 saturated heterocycles. The molecule has 2 aliphatic rings. The Kier molecular flexibility index (Phi) is 6.91. The van der Waals surface area contributed by atoms with Crippen molar-refractivity contribution in [2.75, 3.05) is 25.0 Å². The Morgan fingerprint density at radius 2 is 1.66 bits per heavy atom. The van der Waals surface area contributed by atoms with Crippen LogP contribution < -0.4 is 10.1 Å². The van der Waals surface area contributed by atoms with Crippen LogP contribution in [0.3, 0.4) is 0 Å². The van der Waals surface area contributed by atoms with E-state index in [0.717, 1.165) is 11.1 Å². The highest BCUT2D eigenvalue weighted by atomic mass is 16.5. The highest BCUT2D eigenvalue weighted by Crippen LogP contribution is 2.33. The van der Waals surface area contributed by atoms with Gasteiger partial charge in [0, 0.05) is 25.9 Å². The van der Waals surface area contributed by atoms with E-state index in [1.54, 1.807) is 23.1 Å². The molecule has 0 radical (unpaired) electrons. The second-order valence-corrected chi connectivity index (χ2v) is 9.56. The summed E-state index contributed by atoms with van der Waals surface area (Å²) in [5.74, 6) is 0.0633. The van der Waals surface area contributed by atoms with Gasteiger partial charge in [0.15, 0.2) is 0 Å². The van der Waals surface area contributed by atoms with Crippen molar-refractivity contribution in [3.8, 4) is 11.5 Å². The largest absolute Gasteiger partial charge is 0.457 e. The predicted molar refractivity (Wildman–Crippen MR) is 132 cm³/mol. The van der Waals surface area contributed by atoms with Crippen LogP contribution >= 0.6 is 0 Å². The molecule has 1 fully saturated rings. The van der Waals surface area contributed by atoms with Gasteiger partial charge in [-0.25, -0.2) is 0 Å². The molecule has 0 bridgehead atoms. The maximum atomic E-state index is 13.8. The lowest BCUT2D eigenvalue weighted by Crippen LogP contribution is -2.55. The first kappa shape index (κ1) is 24.4. The number of amides is 3. The normalized spacial score (nSPS) is 17.1. The summed E-state index contributed by atoms with van der Waals surface area (Å²) in [4.78, 5) is 54.6. The Morgan fingerprint density at radius 1 is 1.00 bits per heavy atom. The summed E-state index contributed by atoms with van der Waals surface area (Å²) in [5.41, 5.74) is 2.58. The van der Waals surface area contributed by atoms with Gasteiger partial charge in [0.25, 0.3) is 5.91 Å². The predicted octanol–water partition coefficient (Wildman–Crippen LogP) is 3.71. The third kappa shape index (κ3) is 5.06. The van der Waals surface area contributed by atoms with Crippen LogP contribution in [0.1, 0.15) is 48.2 Å². The first-order valence-corrected chi connectivity index (χ1v) is 11.9. The quantitative estimate of drug-likeness (QED) is 0.708. The summed E-state index contributed by atoms with van der Waals surface area (Å²) < 4.78 is 6.13. The number of hydrogen-bond acceptors (Lipinski definition) is 5. The van der Waals surface area contributed by atoms with E-state index >= 15 is 0 Å². The molecule has 0 saturated carbocycles. The molecule has 35 heavy (non-hydrogen) atoms. The van der Waals surface area contributed by atoms with E-state index in [-0.39, 0.29) is 35.6 Å². The van der Waals surface area contributed by atoms with E-state index in [0.29, 0.717) is 43.1 Å². The molecule has 1 atom stereocenters. The zero-order valence-electron chi connectivity index (χ0n) is 20.6. The minimum Gasteiger partial charge on any atom is -0.457 e. The van der Waals surface area contributed by atoms with Gasteiger partial charge in [0.2, 0.25) is 11.8 Å². The molecule has 184 valence electrons. The van der Waals surface area contributed by atoms with Crippen molar-refractivity contribution in [1.82, 2.24) is 9.80 Å². The molecule has 0 unspecified atom stereocenters. The van der Waals surface area contributed by atoms with E-state index in [9.17, 15) is 19.2 Å². The number of carbonyl (C=O) groups is 4. The molecule has 2 heterocycles. The number of hydrogen-bond donors (Lipinski definition) is 1. The minimum absolute atomic E-state index is 0.130. The number of nitrogens with one attached hydrogen (secondary N) is 1. The average molecular weight is 478 g/mol. The van der Waals surface area contributed by atoms with Crippen molar-refractivity contribution in [3.63, 3.8) is 0 Å². The van der Waals surface area contributed by atoms with E-state index in [1.807, 2.05) is 45.9 Å². The second-order valence-electron chi connectivity index (χ2n) is 9.56. The maximum Gasteiger partial charge on any atom is 0.257 e. The van der Waals surface area contributed by atoms with Gasteiger partial charge in [0.1, 0.15) is 29.9 Å². The van der Waals surface area contributed by atoms with Crippen molar-refractivity contribution >= 4 is 29.2 Å². The fourth-order valence-electron chi connectivity index (χ4n) is 4.69. The molecule has 2 aromatic rings. The number of ketones is 1. The van der Waals surface area contributed by atoms with Gasteiger partial charge >= 0.3 is 0 Å². The van der Waals surface area contributed by atoms with Crippen LogP contribution in [0.4, 0.5) is 5.69 Å². The van der Waals surface area contributed by atoms with Crippen molar-refractivity contribution in [2.45, 2.75) is 46.6 Å². The average Bonchev–Trinajstić information content (AvgIpc) is 2.92. The highest BCUT2D eigenvalue weighted by Gasteiger charge is 2.39. The Morgan fingerprint density at radius 3 is 2.29 bits per heavy atom. The summed E-state index contributed by atoms with van der Waals surface area (Å²) in [5, 5.41) is 2.79. The van der Waals surface area contributed by atoms with Gasteiger partial charge < -0.3 is 19.9 Å². The van der Waals surface area contributed by atoms with Crippen LogP contribution in [0.15, 0.2) is 36.4 Å². The fourth-order valence-corrected chi connectivity index (χ4v) is 4.69. The summed E-state index contributed by atoms with van der Waals surface area (Å²) >= 11 is 0. The molecule has 0 aromatic heterocycles. The molecule has 1 N–H and O–H groups in total. The van der Waals surface area contributed by atoms with E-state index < -0.39 is 11.9 Å². The van der Waals surface area contributed by atoms with Crippen molar-refractivity contribution in [1.29, 1.82) is 0 Å². The van der Waals surface area contributed by atoms with Crippen LogP contribution in [-0.2, 0) is 14.4 Å². The lowest BCUT2D eigenvalue weighted by Gasteiger charge is -2.37. The van der Waals surface area contributed by atoms with E-state index in [2.05, 4.69) is 5.32 Å². The third-order valence-corrected chi connectivity index (χ3v) is 6.55. The van der Waals surface area contributed by atoms with E-state index in [4.69, 9.17) is 4.74 Å². The van der Waals surface area contributed by atoms with Gasteiger partial charge in [-0.1, -0.05) is 32.0 Å². The second kappa shape index (κ2) is 9.90. The summed E-state index contributed by atoms with van der Waals surface area (Å²) in [6.07, 6.45) is 0.625. The molecule has 8 nitrogen and oxygen atoms in total. The van der Waals surface area contributed by atoms with Crippen LogP contribution in [-0.4, -0.2) is 59.0 Å². The van der Waals surface area contributed by atoms with Crippen molar-refractivity contribution in [3.05, 3.63) is 53.1 Å². The number of carbonyl (C=O) groups excluding carboxylic acids is 4. The molecular weight excluding hydrogens is 446 g/mol. The Balaban J connectivity index is 1.67. The number of aryl methyl sites for hydroxylation is 2. The van der Waals surface area contributed by atoms with Crippen LogP contribution in [0, 0.1) is 19.8 Å². The molecule has 4 rings (SSSR count). The van der Waals surface area contributed by atoms with Gasteiger partial charge in [-0.05, 0) is 49.1 Å². The fraction of sp³-hybridized carbons (Fsp3) is 0.407. The number of para-hydroxylation sites is 1. The number of nitrogens with zero attached hydrogens (tertiary/aromatic N) is 2. The van der Waals surface area contributed by atoms with Crippen LogP contribution in [0.25, 0.3) is 0 Å². The first-order valence-electron chi connectivity index (χ1n) is 11.9. The minimum atomic E-state index is -0.824. The molecular formula is C27H31N3O5. The number of likely N-dealkylation sites (tertiary alicyclic amines) is 1. The van der Waals surface area contributed by atoms with Gasteiger partial charge in [-0.15, -0.1) is 0 Å². The standard InChI is InChI=1S/C27H31N3O5/c1-16(2)24(27(34)29-12-10-19(31)11-13-29)30-15-23(32)28-22-9-8-20(14-21(22)26(30)33)35-25-17(3)6-5-7-18(25)4/h5-9,14,16,24H,10-13,15H2,1-4H3,(H,28,32)/t24-/m1/s1. The number of ether oxygens (including phenoxy) is 1. The maximum absolute atomic E-state index is 13.8. The number of benzene rings is 2. The Bertz CT molecular complexity index is 1160. The summed E-state index contributed by atoms with van der Waals surface area (Å²) in [6, 6.07) is 10.0. The molecule has 2 aliphatic heterocycles. The zero-order chi connectivity index (χ0) is 25.3. The number of anilines is 1. The Hall–Kier alpha value is -3.68. The lowest BCUT2D eigenvalue weighted by atomic mass is 9.98. The van der Waals surface area contributed by atoms with Gasteiger partial charge in [-0.2, -0.15) is 0 Å². The van der Waals surface area contributed by atoms with E-state index in [1.165, 1.54) is 4.90 Å². The van der Waals surface area contributed by atoms with Crippen molar-refractivity contribution < 1.29 is 23.9 Å². The lowest BCUT2D eigenvalue weighted by molar-refractivity contribution is -0.140. The SMILES string of the molecule is Cc1cccc(C)c1Oc1ccc2c(c1)C(=O)N([C@@H](C(=O)N1CCC(=O)CC1)C(C)C)CC(=O)N2. The molecule has 0 spiro atoms. The number of rotatable bonds is 5. The molecule has 3 amide bonds. The van der Waals surface area contributed by atoms with Crippen LogP contribution in [0.5, 0.6) is 11.5 Å². The first-order chi connectivity index (χ1) is 16.7. The zero-order valence-corrected chi connectivity index (χ0v) is 20.6. The number of Topliss-reactive ketones (excluding diaryl/α,β-unsaturated/α-hetero) is 1. The summed E-state index contributed by atoms with van der Waals surface area (Å²) in [6.45, 7) is 8.04. The smallest absolute Gasteiger partial charge is 0.257 e. The third-order valence-electron chi connectivity index (χ3n) is 6.55. The molecule has 0 aliphatic carbocycles. The topological polar surface area (TPSA) is 96.0 Å². The monoisotopic (exact) mass is 477 g/mol. The van der Waals surface area contributed by atoms with Crippen LogP contribution in [0.2, 0.25) is 0 Å². The molecule has 2 aromatic carbocycles. The molecule has 8 heteroatoms. The summed E-state index contributed by atoms with van der Waals surface area (Å²) in [7, 11) is 0. The highest BCUT2D eigenvalue weighted by molar-refractivity contribution is 6.10. The number of piperidine rings is 1. The number of fused-ring (bicyclic) bond motifs is 1.